The number of nitrogens with two attached hydrogens (primary N) is 1. The van der Waals surface area contributed by atoms with Crippen LogP contribution in [0.25, 0.3) is 0 Å². The third kappa shape index (κ3) is 0.988. The molecule has 0 aromatic carbocycles. The zero-order valence-electron chi connectivity index (χ0n) is 6.46. The molecule has 1 heterocycles. The van der Waals surface area contributed by atoms with Gasteiger partial charge in [0.2, 0.25) is 0 Å². The number of aromatic nitrogens is 2. The molecule has 0 saturated heterocycles. The van der Waals surface area contributed by atoms with Gasteiger partial charge in [-0.3, -0.25) is 4.68 Å². The van der Waals surface area contributed by atoms with Crippen molar-refractivity contribution in [1.29, 1.82) is 0 Å². The van der Waals surface area contributed by atoms with Crippen molar-refractivity contribution in [3.8, 4) is 0 Å². The molecule has 0 aliphatic heterocycles. The minimum Gasteiger partial charge on any atom is -0.396 e. The fourth-order valence-corrected chi connectivity index (χ4v) is 1.08. The van der Waals surface area contributed by atoms with Crippen LogP contribution in [0.3, 0.4) is 0 Å². The van der Waals surface area contributed by atoms with Gasteiger partial charge in [0.1, 0.15) is 0 Å². The van der Waals surface area contributed by atoms with Gasteiger partial charge >= 0.3 is 0 Å². The summed E-state index contributed by atoms with van der Waals surface area (Å²) in [7, 11) is 0. The van der Waals surface area contributed by atoms with E-state index in [0.29, 0.717) is 0 Å². The lowest BCUT2D eigenvalue weighted by Gasteiger charge is -2.00. The molecule has 3 nitrogen and oxygen atoms in total. The molecule has 0 unspecified atom stereocenters. The number of anilines is 1. The lowest BCUT2D eigenvalue weighted by molar-refractivity contribution is 0.627. The fraction of sp³-hybridized carbons (Fsp3) is 0.571. The molecule has 1 rings (SSSR count). The Morgan fingerprint density at radius 2 is 2.30 bits per heavy atom. The van der Waals surface area contributed by atoms with Crippen LogP contribution in [-0.2, 0) is 13.0 Å². The second-order valence-corrected chi connectivity index (χ2v) is 2.22. The van der Waals surface area contributed by atoms with E-state index in [0.717, 1.165) is 24.3 Å². The Bertz CT molecular complexity index is 215. The summed E-state index contributed by atoms with van der Waals surface area (Å²) in [5, 5.41) is 4.10. The second kappa shape index (κ2) is 2.73. The Balaban J connectivity index is 3.01. The highest BCUT2D eigenvalue weighted by molar-refractivity contribution is 5.40. The summed E-state index contributed by atoms with van der Waals surface area (Å²) in [6.07, 6.45) is 2.67. The second-order valence-electron chi connectivity index (χ2n) is 2.22. The SMILES string of the molecule is CCc1c(N)cnn1CC. The summed E-state index contributed by atoms with van der Waals surface area (Å²) >= 11 is 0. The van der Waals surface area contributed by atoms with E-state index < -0.39 is 0 Å². The van der Waals surface area contributed by atoms with Crippen molar-refractivity contribution in [3.05, 3.63) is 11.9 Å². The van der Waals surface area contributed by atoms with Crippen LogP contribution in [-0.4, -0.2) is 9.78 Å². The molecule has 1 aromatic heterocycles. The van der Waals surface area contributed by atoms with Gasteiger partial charge in [0.05, 0.1) is 17.6 Å². The minimum absolute atomic E-state index is 0.810. The monoisotopic (exact) mass is 139 g/mol. The van der Waals surface area contributed by atoms with Gasteiger partial charge in [-0.1, -0.05) is 6.92 Å². The lowest BCUT2D eigenvalue weighted by atomic mass is 10.3. The highest BCUT2D eigenvalue weighted by Gasteiger charge is 2.02. The summed E-state index contributed by atoms with van der Waals surface area (Å²) < 4.78 is 1.93. The molecule has 2 N–H and O–H groups in total. The predicted molar refractivity (Wildman–Crippen MR) is 41.7 cm³/mol. The fourth-order valence-electron chi connectivity index (χ4n) is 1.08. The van der Waals surface area contributed by atoms with Crippen molar-refractivity contribution in [2.45, 2.75) is 26.8 Å². The van der Waals surface area contributed by atoms with Crippen LogP contribution in [0.4, 0.5) is 5.69 Å². The zero-order valence-corrected chi connectivity index (χ0v) is 6.46. The Morgan fingerprint density at radius 1 is 1.60 bits per heavy atom. The number of rotatable bonds is 2. The lowest BCUT2D eigenvalue weighted by Crippen LogP contribution is -2.02. The van der Waals surface area contributed by atoms with E-state index in [4.69, 9.17) is 5.73 Å². The quantitative estimate of drug-likeness (QED) is 0.665. The predicted octanol–water partition coefficient (Wildman–Crippen LogP) is 1.05. The van der Waals surface area contributed by atoms with E-state index in [-0.39, 0.29) is 0 Å². The van der Waals surface area contributed by atoms with Gasteiger partial charge in [-0.15, -0.1) is 0 Å². The number of nitrogens with zero attached hydrogens (tertiary/aromatic N) is 2. The smallest absolute Gasteiger partial charge is 0.0732 e. The average Bonchev–Trinajstić information content (AvgIpc) is 2.30. The average molecular weight is 139 g/mol. The number of hydrogen-bond donors (Lipinski definition) is 1. The van der Waals surface area contributed by atoms with Gasteiger partial charge in [-0.05, 0) is 13.3 Å². The Kier molecular flexibility index (Phi) is 1.94. The topological polar surface area (TPSA) is 43.8 Å². The molecule has 0 fully saturated rings. The molecule has 0 bridgehead atoms. The normalized spacial score (nSPS) is 10.2. The van der Waals surface area contributed by atoms with Crippen LogP contribution < -0.4 is 5.73 Å². The molecule has 0 atom stereocenters. The van der Waals surface area contributed by atoms with Crippen molar-refractivity contribution in [2.24, 2.45) is 0 Å². The van der Waals surface area contributed by atoms with Crippen molar-refractivity contribution in [1.82, 2.24) is 9.78 Å². The molecule has 1 aromatic rings. The maximum absolute atomic E-state index is 5.64. The molecule has 0 saturated carbocycles. The molecule has 0 aliphatic carbocycles. The minimum atomic E-state index is 0.810. The molecule has 0 amide bonds. The molecule has 56 valence electrons. The van der Waals surface area contributed by atoms with Gasteiger partial charge < -0.3 is 5.73 Å². The first kappa shape index (κ1) is 7.12. The van der Waals surface area contributed by atoms with Gasteiger partial charge in [0, 0.05) is 6.54 Å². The molecular weight excluding hydrogens is 126 g/mol. The largest absolute Gasteiger partial charge is 0.396 e. The van der Waals surface area contributed by atoms with Gasteiger partial charge in [-0.2, -0.15) is 5.10 Å². The van der Waals surface area contributed by atoms with Crippen LogP contribution in [0.2, 0.25) is 0 Å². The summed E-state index contributed by atoms with van der Waals surface area (Å²) in [5.41, 5.74) is 7.59. The van der Waals surface area contributed by atoms with Crippen molar-refractivity contribution < 1.29 is 0 Å². The van der Waals surface area contributed by atoms with E-state index in [1.165, 1.54) is 0 Å². The van der Waals surface area contributed by atoms with E-state index in [1.807, 2.05) is 4.68 Å². The van der Waals surface area contributed by atoms with Crippen molar-refractivity contribution in [3.63, 3.8) is 0 Å². The third-order valence-electron chi connectivity index (χ3n) is 1.62. The first-order valence-corrected chi connectivity index (χ1v) is 3.59. The maximum Gasteiger partial charge on any atom is 0.0732 e. The van der Waals surface area contributed by atoms with Crippen molar-refractivity contribution in [2.75, 3.05) is 5.73 Å². The van der Waals surface area contributed by atoms with Crippen LogP contribution in [0, 0.1) is 0 Å². The van der Waals surface area contributed by atoms with Crippen LogP contribution in [0.5, 0.6) is 0 Å². The molecular formula is C7H13N3. The van der Waals surface area contributed by atoms with E-state index in [1.54, 1.807) is 6.20 Å². The molecule has 0 aliphatic rings. The standard InChI is InChI=1S/C7H13N3/c1-3-7-6(8)5-9-10(7)4-2/h5H,3-4,8H2,1-2H3. The van der Waals surface area contributed by atoms with E-state index in [2.05, 4.69) is 18.9 Å². The van der Waals surface area contributed by atoms with Crippen molar-refractivity contribution >= 4 is 5.69 Å². The van der Waals surface area contributed by atoms with E-state index in [9.17, 15) is 0 Å². The molecule has 10 heavy (non-hydrogen) atoms. The summed E-state index contributed by atoms with van der Waals surface area (Å²) in [5.74, 6) is 0. The van der Waals surface area contributed by atoms with Gasteiger partial charge in [0.15, 0.2) is 0 Å². The maximum atomic E-state index is 5.64. The summed E-state index contributed by atoms with van der Waals surface area (Å²) in [6, 6.07) is 0. The Hall–Kier alpha value is -0.990. The van der Waals surface area contributed by atoms with Gasteiger partial charge in [0.25, 0.3) is 0 Å². The number of aryl methyl sites for hydroxylation is 1. The molecule has 0 spiro atoms. The molecule has 0 radical (unpaired) electrons. The van der Waals surface area contributed by atoms with Crippen LogP contribution in [0.15, 0.2) is 6.20 Å². The zero-order chi connectivity index (χ0) is 7.56. The van der Waals surface area contributed by atoms with E-state index >= 15 is 0 Å². The molecule has 3 heteroatoms. The third-order valence-corrected chi connectivity index (χ3v) is 1.62. The van der Waals surface area contributed by atoms with Crippen LogP contribution in [0.1, 0.15) is 19.5 Å². The Morgan fingerprint density at radius 3 is 2.70 bits per heavy atom. The summed E-state index contributed by atoms with van der Waals surface area (Å²) in [6.45, 7) is 5.05. The first-order chi connectivity index (χ1) is 4.79. The van der Waals surface area contributed by atoms with Crippen LogP contribution >= 0.6 is 0 Å². The summed E-state index contributed by atoms with van der Waals surface area (Å²) in [4.78, 5) is 0. The van der Waals surface area contributed by atoms with Gasteiger partial charge in [-0.25, -0.2) is 0 Å². The first-order valence-electron chi connectivity index (χ1n) is 3.59. The highest BCUT2D eigenvalue weighted by Crippen LogP contribution is 2.10. The number of hydrogen-bond acceptors (Lipinski definition) is 2. The Labute approximate surface area is 60.8 Å². The number of nitrogen functional groups attached to an aromatic ring is 1. The highest BCUT2D eigenvalue weighted by atomic mass is 15.3.